The number of rotatable bonds is 0. The molecule has 92 valence electrons. The van der Waals surface area contributed by atoms with E-state index in [1.807, 2.05) is 0 Å². The molecule has 2 aliphatic carbocycles. The molecule has 0 heterocycles. The van der Waals surface area contributed by atoms with Crippen LogP contribution in [0.4, 0.5) is 0 Å². The molecule has 15 heavy (non-hydrogen) atoms. The fraction of sp³-hybridized carbons (Fsp3) is 0.857. The van der Waals surface area contributed by atoms with E-state index >= 15 is 0 Å². The predicted octanol–water partition coefficient (Wildman–Crippen LogP) is 4.33. The second kappa shape index (κ2) is 10.8. The van der Waals surface area contributed by atoms with Gasteiger partial charge in [0.15, 0.2) is 0 Å². The molecule has 0 aromatic heterocycles. The zero-order chi connectivity index (χ0) is 11.5. The van der Waals surface area contributed by atoms with E-state index in [0.717, 1.165) is 25.9 Å². The fourth-order valence-electron chi connectivity index (χ4n) is 2.26. The second-order valence-corrected chi connectivity index (χ2v) is 5.51. The van der Waals surface area contributed by atoms with E-state index in [0.29, 0.717) is 0 Å². The molecular formula is C14H28Fe. The van der Waals surface area contributed by atoms with Crippen molar-refractivity contribution in [2.75, 3.05) is 0 Å². The molecule has 0 radical (unpaired) electrons. The van der Waals surface area contributed by atoms with Gasteiger partial charge in [0.25, 0.3) is 0 Å². The zero-order valence-corrected chi connectivity index (χ0v) is 11.7. The van der Waals surface area contributed by atoms with Crippen LogP contribution in [0.5, 0.6) is 0 Å². The molecule has 2 aliphatic rings. The van der Waals surface area contributed by atoms with E-state index in [-0.39, 0.29) is 0 Å². The molecule has 2 fully saturated rings. The zero-order valence-electron chi connectivity index (χ0n) is 10.6. The molecular weight excluding hydrogens is 224 g/mol. The van der Waals surface area contributed by atoms with Gasteiger partial charge in [-0.3, -0.25) is 0 Å². The van der Waals surface area contributed by atoms with Crippen LogP contribution in [0.25, 0.3) is 0 Å². The van der Waals surface area contributed by atoms with E-state index in [2.05, 4.69) is 24.7 Å². The van der Waals surface area contributed by atoms with Crippen molar-refractivity contribution in [1.82, 2.24) is 0 Å². The van der Waals surface area contributed by atoms with Gasteiger partial charge in [-0.15, -0.1) is 0 Å². The standard InChI is InChI=1S/2C6H12.2CH2.Fe/c2*1-6-4-2-3-5-6;;;/h2*6H,2-5H2,1H3;2*1H2;. The summed E-state index contributed by atoms with van der Waals surface area (Å²) in [6.45, 7) is 4.68. The summed E-state index contributed by atoms with van der Waals surface area (Å²) < 4.78 is 0. The molecule has 0 nitrogen and oxygen atoms in total. The molecule has 0 amide bonds. The molecule has 0 unspecified atom stereocenters. The quantitative estimate of drug-likeness (QED) is 0.563. The summed E-state index contributed by atoms with van der Waals surface area (Å²) in [4.78, 5) is 0. The van der Waals surface area contributed by atoms with E-state index in [1.54, 1.807) is 0 Å². The molecule has 0 N–H and O–H groups in total. The van der Waals surface area contributed by atoms with Gasteiger partial charge in [0.1, 0.15) is 0 Å². The Kier molecular flexibility index (Phi) is 11.0. The molecule has 0 saturated heterocycles. The van der Waals surface area contributed by atoms with Crippen LogP contribution in [-0.2, 0) is 14.1 Å². The number of hydrogen-bond acceptors (Lipinski definition) is 0. The maximum absolute atomic E-state index is 3.38. The summed E-state index contributed by atoms with van der Waals surface area (Å²) in [5.74, 6) is 2.09. The Hall–Kier alpha value is 0.259. The van der Waals surface area contributed by atoms with Crippen LogP contribution in [0.15, 0.2) is 0 Å². The Morgan fingerprint density at radius 3 is 1.00 bits per heavy atom. The molecule has 0 spiro atoms. The van der Waals surface area contributed by atoms with Crippen molar-refractivity contribution >= 4 is 10.8 Å². The van der Waals surface area contributed by atoms with Crippen molar-refractivity contribution in [3.63, 3.8) is 0 Å². The first-order valence-electron chi connectivity index (χ1n) is 6.29. The van der Waals surface area contributed by atoms with Gasteiger partial charge in [-0.25, -0.2) is 0 Å². The summed E-state index contributed by atoms with van der Waals surface area (Å²) in [6.07, 6.45) is 11.9. The molecule has 2 rings (SSSR count). The van der Waals surface area contributed by atoms with Crippen molar-refractivity contribution in [1.29, 1.82) is 0 Å². The number of hydrogen-bond donors (Lipinski definition) is 0. The average Bonchev–Trinajstić information content (AvgIpc) is 2.81. The van der Waals surface area contributed by atoms with Crippen molar-refractivity contribution in [3.05, 3.63) is 0 Å². The van der Waals surface area contributed by atoms with Gasteiger partial charge in [-0.2, -0.15) is 0 Å². The van der Waals surface area contributed by atoms with Gasteiger partial charge < -0.3 is 0 Å². The van der Waals surface area contributed by atoms with Crippen molar-refractivity contribution in [2.24, 2.45) is 11.8 Å². The molecule has 0 aliphatic heterocycles. The summed E-state index contributed by atoms with van der Waals surface area (Å²) in [6, 6.07) is 0. The van der Waals surface area contributed by atoms with Crippen LogP contribution in [0.3, 0.4) is 0 Å². The first-order chi connectivity index (χ1) is 7.20. The van der Waals surface area contributed by atoms with Crippen LogP contribution in [0.2, 0.25) is 0 Å². The Bertz CT molecular complexity index is 142. The fourth-order valence-corrected chi connectivity index (χ4v) is 2.26. The SMILES string of the molecule is CC1CCCC1.CC1CCCC1.[CH2]=[Fe]=[CH2]. The van der Waals surface area contributed by atoms with Crippen molar-refractivity contribution < 1.29 is 14.1 Å². The third-order valence-corrected chi connectivity index (χ3v) is 3.29. The van der Waals surface area contributed by atoms with Gasteiger partial charge in [-0.1, -0.05) is 65.2 Å². The van der Waals surface area contributed by atoms with Gasteiger partial charge in [0.05, 0.1) is 0 Å². The Balaban J connectivity index is 0.000000210. The first-order valence-corrected chi connectivity index (χ1v) is 7.85. The average molecular weight is 252 g/mol. The minimum atomic E-state index is 0.750. The van der Waals surface area contributed by atoms with Crippen LogP contribution in [0.1, 0.15) is 65.2 Å². The molecule has 1 heteroatoms. The normalized spacial score (nSPS) is 21.5. The predicted molar refractivity (Wildman–Crippen MR) is 69.5 cm³/mol. The van der Waals surface area contributed by atoms with Gasteiger partial charge >= 0.3 is 24.9 Å². The van der Waals surface area contributed by atoms with Gasteiger partial charge in [0.2, 0.25) is 0 Å². The van der Waals surface area contributed by atoms with E-state index in [4.69, 9.17) is 0 Å². The van der Waals surface area contributed by atoms with Crippen molar-refractivity contribution in [2.45, 2.75) is 65.2 Å². The molecule has 0 aromatic rings. The van der Waals surface area contributed by atoms with Crippen LogP contribution in [0, 0.1) is 11.8 Å². The summed E-state index contributed by atoms with van der Waals surface area (Å²) in [5.41, 5.74) is 6.75. The van der Waals surface area contributed by atoms with Gasteiger partial charge in [-0.05, 0) is 11.8 Å². The van der Waals surface area contributed by atoms with Crippen LogP contribution < -0.4 is 0 Å². The molecule has 0 aromatic carbocycles. The third kappa shape index (κ3) is 10.5. The summed E-state index contributed by atoms with van der Waals surface area (Å²) >= 11 is 0.750. The Labute approximate surface area is 102 Å². The van der Waals surface area contributed by atoms with Crippen LogP contribution >= 0.6 is 0 Å². The van der Waals surface area contributed by atoms with Gasteiger partial charge in [0, 0.05) is 0 Å². The second-order valence-electron chi connectivity index (χ2n) is 4.96. The van der Waals surface area contributed by atoms with E-state index < -0.39 is 0 Å². The Morgan fingerprint density at radius 1 is 0.733 bits per heavy atom. The summed E-state index contributed by atoms with van der Waals surface area (Å²) in [5, 5.41) is 0. The van der Waals surface area contributed by atoms with E-state index in [9.17, 15) is 0 Å². The monoisotopic (exact) mass is 252 g/mol. The minimum absolute atomic E-state index is 0.750. The topological polar surface area (TPSA) is 0 Å². The summed E-state index contributed by atoms with van der Waals surface area (Å²) in [7, 11) is 0. The molecule has 0 atom stereocenters. The first kappa shape index (κ1) is 15.3. The molecule has 2 saturated carbocycles. The molecule has 0 bridgehead atoms. The van der Waals surface area contributed by atoms with E-state index in [1.165, 1.54) is 51.4 Å². The maximum atomic E-state index is 3.38. The van der Waals surface area contributed by atoms with Crippen LogP contribution in [-0.4, -0.2) is 10.8 Å². The third-order valence-electron chi connectivity index (χ3n) is 3.29. The van der Waals surface area contributed by atoms with Crippen molar-refractivity contribution in [3.8, 4) is 0 Å². The Morgan fingerprint density at radius 2 is 0.933 bits per heavy atom.